The van der Waals surface area contributed by atoms with Crippen LogP contribution in [-0.2, 0) is 32.4 Å². The second kappa shape index (κ2) is 10.8. The van der Waals surface area contributed by atoms with E-state index >= 15 is 0 Å². The average molecular weight is 628 g/mol. The van der Waals surface area contributed by atoms with E-state index in [1.807, 2.05) is 18.2 Å². The van der Waals surface area contributed by atoms with Crippen LogP contribution < -0.4 is 14.4 Å². The number of allylic oxidation sites excluding steroid dienone is 1. The minimum atomic E-state index is -4.08. The number of hydrogen-bond donors (Lipinski definition) is 3. The van der Waals surface area contributed by atoms with Gasteiger partial charge in [-0.1, -0.05) is 35.9 Å². The van der Waals surface area contributed by atoms with Crippen molar-refractivity contribution in [2.24, 2.45) is 11.8 Å². The van der Waals surface area contributed by atoms with Crippen molar-refractivity contribution in [2.45, 2.75) is 62.1 Å². The van der Waals surface area contributed by atoms with Crippen molar-refractivity contribution in [2.75, 3.05) is 37.7 Å². The molecule has 6 atom stereocenters. The standard InChI is InChI=1S/C32H38ClN3O6S/c33-24-9-11-26-21(15-24)5-4-13-31(26)18-35-17-22-7-10-25(22)28(37)6-2-1-3-14-36-19-32(39,30(38)34-43(36,40)41)23-8-12-29(42-20-31)27(35)16-23/h2,6,8-9,11-12,15-16,22,25,28,37,39H,1,3-5,7,10,13-14,17-20H2,(H,34,38)/b6-2-/t22-,25+,28-,31-,32+/m0/s1. The number of halogens is 1. The molecule has 5 aliphatic rings. The van der Waals surface area contributed by atoms with Gasteiger partial charge in [-0.2, -0.15) is 12.7 Å². The number of fused-ring (bicyclic) bond motifs is 7. The fourth-order valence-electron chi connectivity index (χ4n) is 7.79. The lowest BCUT2D eigenvalue weighted by atomic mass is 9.68. The Morgan fingerprint density at radius 2 is 1.95 bits per heavy atom. The summed E-state index contributed by atoms with van der Waals surface area (Å²) in [5.41, 5.74) is 1.20. The van der Waals surface area contributed by atoms with Gasteiger partial charge in [-0.15, -0.1) is 0 Å². The molecule has 1 spiro atoms. The predicted molar refractivity (Wildman–Crippen MR) is 163 cm³/mol. The maximum Gasteiger partial charge on any atom is 0.304 e. The van der Waals surface area contributed by atoms with Gasteiger partial charge in [-0.25, -0.2) is 4.72 Å². The maximum atomic E-state index is 13.2. The van der Waals surface area contributed by atoms with Crippen LogP contribution in [0.2, 0.25) is 5.02 Å². The monoisotopic (exact) mass is 627 g/mol. The first-order chi connectivity index (χ1) is 20.6. The smallest absolute Gasteiger partial charge is 0.304 e. The van der Waals surface area contributed by atoms with Gasteiger partial charge < -0.3 is 19.8 Å². The van der Waals surface area contributed by atoms with E-state index in [4.69, 9.17) is 16.3 Å². The van der Waals surface area contributed by atoms with E-state index in [2.05, 4.69) is 21.8 Å². The minimum Gasteiger partial charge on any atom is -0.490 e. The van der Waals surface area contributed by atoms with E-state index in [-0.39, 0.29) is 30.3 Å². The number of rotatable bonds is 0. The Labute approximate surface area is 257 Å². The number of aliphatic hydroxyl groups excluding tert-OH is 1. The number of amides is 1. The summed E-state index contributed by atoms with van der Waals surface area (Å²) < 4.78 is 35.4. The van der Waals surface area contributed by atoms with Crippen molar-refractivity contribution in [3.63, 3.8) is 0 Å². The molecule has 1 amide bonds. The number of nitrogens with one attached hydrogen (secondary N) is 1. The summed E-state index contributed by atoms with van der Waals surface area (Å²) in [4.78, 5) is 15.5. The molecule has 0 radical (unpaired) electrons. The highest BCUT2D eigenvalue weighted by molar-refractivity contribution is 7.87. The predicted octanol–water partition coefficient (Wildman–Crippen LogP) is 3.41. The number of carbonyl (C=O) groups excluding carboxylic acids is 1. The van der Waals surface area contributed by atoms with E-state index < -0.39 is 27.8 Å². The fraction of sp³-hybridized carbons (Fsp3) is 0.531. The summed E-state index contributed by atoms with van der Waals surface area (Å²) in [6, 6.07) is 11.4. The van der Waals surface area contributed by atoms with Crippen molar-refractivity contribution in [1.82, 2.24) is 9.03 Å². The van der Waals surface area contributed by atoms with Crippen molar-refractivity contribution in [1.29, 1.82) is 0 Å². The van der Waals surface area contributed by atoms with Crippen molar-refractivity contribution in [3.05, 3.63) is 70.3 Å². The van der Waals surface area contributed by atoms with Crippen molar-refractivity contribution < 1.29 is 28.2 Å². The third-order valence-corrected chi connectivity index (χ3v) is 12.0. The van der Waals surface area contributed by atoms with Crippen LogP contribution in [-0.4, -0.2) is 67.7 Å². The third kappa shape index (κ3) is 5.05. The van der Waals surface area contributed by atoms with Gasteiger partial charge >= 0.3 is 10.2 Å². The molecule has 2 aliphatic carbocycles. The second-order valence-electron chi connectivity index (χ2n) is 13.0. The molecule has 9 nitrogen and oxygen atoms in total. The van der Waals surface area contributed by atoms with Crippen molar-refractivity contribution in [3.8, 4) is 5.75 Å². The average Bonchev–Trinajstić information content (AvgIpc) is 3.10. The van der Waals surface area contributed by atoms with Gasteiger partial charge in [0.25, 0.3) is 5.91 Å². The Morgan fingerprint density at radius 1 is 1.09 bits per heavy atom. The molecule has 1 unspecified atom stereocenters. The van der Waals surface area contributed by atoms with E-state index in [1.54, 1.807) is 18.2 Å². The number of hydrogen-bond acceptors (Lipinski definition) is 7. The Morgan fingerprint density at radius 3 is 2.77 bits per heavy atom. The van der Waals surface area contributed by atoms with Gasteiger partial charge in [0.1, 0.15) is 5.75 Å². The molecule has 11 heteroatoms. The topological polar surface area (TPSA) is 119 Å². The highest BCUT2D eigenvalue weighted by Crippen LogP contribution is 2.47. The van der Waals surface area contributed by atoms with Gasteiger partial charge in [-0.05, 0) is 97.7 Å². The lowest BCUT2D eigenvalue weighted by molar-refractivity contribution is -0.141. The molecular weight excluding hydrogens is 590 g/mol. The molecular formula is C32H38ClN3O6S. The first kappa shape index (κ1) is 29.1. The number of aliphatic hydroxyl groups is 2. The summed E-state index contributed by atoms with van der Waals surface area (Å²) in [6.07, 6.45) is 9.08. The van der Waals surface area contributed by atoms with Crippen LogP contribution in [0.25, 0.3) is 0 Å². The lowest BCUT2D eigenvalue weighted by Gasteiger charge is -2.45. The molecule has 230 valence electrons. The summed E-state index contributed by atoms with van der Waals surface area (Å²) in [6.45, 7) is 1.57. The Kier molecular flexibility index (Phi) is 7.29. The Hall–Kier alpha value is -2.63. The zero-order valence-electron chi connectivity index (χ0n) is 24.0. The summed E-state index contributed by atoms with van der Waals surface area (Å²) in [5.74, 6) is 0.0759. The molecule has 4 bridgehead atoms. The number of benzene rings is 2. The Balaban J connectivity index is 1.34. The van der Waals surface area contributed by atoms with Crippen LogP contribution in [0.5, 0.6) is 5.75 Å². The van der Waals surface area contributed by atoms with Crippen LogP contribution in [0, 0.1) is 11.8 Å². The molecule has 2 aromatic carbocycles. The number of aryl methyl sites for hydroxylation is 1. The molecule has 1 saturated carbocycles. The van der Waals surface area contributed by atoms with Crippen LogP contribution in [0.3, 0.4) is 0 Å². The normalized spacial score (nSPS) is 35.8. The summed E-state index contributed by atoms with van der Waals surface area (Å²) in [7, 11) is -4.08. The minimum absolute atomic E-state index is 0.117. The quantitative estimate of drug-likeness (QED) is 0.383. The molecule has 43 heavy (non-hydrogen) atoms. The van der Waals surface area contributed by atoms with Crippen LogP contribution >= 0.6 is 11.6 Å². The fourth-order valence-corrected chi connectivity index (χ4v) is 9.24. The molecule has 2 fully saturated rings. The van der Waals surface area contributed by atoms with E-state index in [0.29, 0.717) is 43.9 Å². The highest BCUT2D eigenvalue weighted by atomic mass is 35.5. The van der Waals surface area contributed by atoms with Gasteiger partial charge in [0.2, 0.25) is 0 Å². The van der Waals surface area contributed by atoms with Crippen LogP contribution in [0.1, 0.15) is 55.2 Å². The summed E-state index contributed by atoms with van der Waals surface area (Å²) >= 11 is 6.39. The number of ether oxygens (including phenoxy) is 1. The molecule has 1 saturated heterocycles. The molecule has 3 heterocycles. The zero-order chi connectivity index (χ0) is 30.0. The van der Waals surface area contributed by atoms with Crippen molar-refractivity contribution >= 4 is 33.4 Å². The number of anilines is 1. The van der Waals surface area contributed by atoms with Crippen LogP contribution in [0.4, 0.5) is 5.69 Å². The van der Waals surface area contributed by atoms with Gasteiger partial charge in [0.05, 0.1) is 24.9 Å². The molecule has 2 aromatic rings. The summed E-state index contributed by atoms with van der Waals surface area (Å²) in [5, 5.41) is 23.6. The second-order valence-corrected chi connectivity index (χ2v) is 15.1. The first-order valence-electron chi connectivity index (χ1n) is 15.3. The Bertz CT molecular complexity index is 1580. The number of carbonyl (C=O) groups is 1. The highest BCUT2D eigenvalue weighted by Gasteiger charge is 2.50. The van der Waals surface area contributed by atoms with E-state index in [0.717, 1.165) is 47.1 Å². The maximum absolute atomic E-state index is 13.2. The van der Waals surface area contributed by atoms with Gasteiger partial charge in [0.15, 0.2) is 5.60 Å². The van der Waals surface area contributed by atoms with Crippen LogP contribution in [0.15, 0.2) is 48.6 Å². The van der Waals surface area contributed by atoms with E-state index in [9.17, 15) is 23.4 Å². The largest absolute Gasteiger partial charge is 0.490 e. The first-order valence-corrected chi connectivity index (χ1v) is 17.1. The van der Waals surface area contributed by atoms with E-state index in [1.165, 1.54) is 11.1 Å². The molecule has 3 aliphatic heterocycles. The van der Waals surface area contributed by atoms with Gasteiger partial charge in [0, 0.05) is 30.1 Å². The molecule has 0 aromatic heterocycles. The lowest BCUT2D eigenvalue weighted by Crippen LogP contribution is -2.62. The number of nitrogens with zero attached hydrogens (tertiary/aromatic N) is 2. The SMILES string of the molecule is O=C1NS(=O)(=O)N2CCC/C=C\[C@H](O)[C@@H]3CC[C@H]3CN3C[C@@]4(CCCc5cc(Cl)ccc54)COc4ccc(cc43)[C@]1(O)C2. The van der Waals surface area contributed by atoms with Gasteiger partial charge in [-0.3, -0.25) is 4.79 Å². The molecule has 7 rings (SSSR count). The molecule has 3 N–H and O–H groups in total. The zero-order valence-corrected chi connectivity index (χ0v) is 25.6. The third-order valence-electron chi connectivity index (χ3n) is 10.3.